The Morgan fingerprint density at radius 2 is 1.57 bits per heavy atom. The Morgan fingerprint density at radius 1 is 0.971 bits per heavy atom. The number of carbonyl (C=O) groups excluding carboxylic acids is 1. The highest BCUT2D eigenvalue weighted by Gasteiger charge is 2.41. The van der Waals surface area contributed by atoms with Crippen LogP contribution < -0.4 is 13.7 Å². The summed E-state index contributed by atoms with van der Waals surface area (Å²) < 4.78 is 66.8. The number of amides is 1. The van der Waals surface area contributed by atoms with E-state index in [4.69, 9.17) is 17.8 Å². The third-order valence-corrected chi connectivity index (χ3v) is 6.91. The predicted molar refractivity (Wildman–Crippen MR) is 129 cm³/mol. The van der Waals surface area contributed by atoms with Crippen molar-refractivity contribution in [2.24, 2.45) is 0 Å². The standard InChI is InChI=1S/C23H29NO9S2/c1-30-19-14-17(15-20(31-2)21(19)33-35(4,28)29)22(25)24-12-10-23(16-24,11-13-32-34(3,26)27)18-8-6-5-7-9-18/h5-9,14-15H,10-13,16H2,1-4H3. The highest BCUT2D eigenvalue weighted by Crippen LogP contribution is 2.42. The smallest absolute Gasteiger partial charge is 0.306 e. The molecule has 10 nitrogen and oxygen atoms in total. The van der Waals surface area contributed by atoms with E-state index in [1.165, 1.54) is 26.4 Å². The van der Waals surface area contributed by atoms with Gasteiger partial charge in [-0.15, -0.1) is 0 Å². The number of hydrogen-bond acceptors (Lipinski definition) is 9. The zero-order valence-electron chi connectivity index (χ0n) is 20.0. The third kappa shape index (κ3) is 6.65. The maximum atomic E-state index is 13.5. The van der Waals surface area contributed by atoms with Crippen molar-refractivity contribution in [3.05, 3.63) is 53.6 Å². The van der Waals surface area contributed by atoms with Crippen LogP contribution in [0.5, 0.6) is 17.2 Å². The lowest BCUT2D eigenvalue weighted by atomic mass is 9.77. The van der Waals surface area contributed by atoms with Gasteiger partial charge >= 0.3 is 10.1 Å². The molecule has 0 bridgehead atoms. The second-order valence-electron chi connectivity index (χ2n) is 8.40. The molecule has 192 valence electrons. The average molecular weight is 528 g/mol. The van der Waals surface area contributed by atoms with E-state index < -0.39 is 25.7 Å². The minimum Gasteiger partial charge on any atom is -0.493 e. The van der Waals surface area contributed by atoms with Gasteiger partial charge in [0.05, 0.1) is 33.3 Å². The van der Waals surface area contributed by atoms with E-state index >= 15 is 0 Å². The molecule has 3 rings (SSSR count). The third-order valence-electron chi connectivity index (χ3n) is 5.85. The first-order valence-corrected chi connectivity index (χ1v) is 14.4. The predicted octanol–water partition coefficient (Wildman–Crippen LogP) is 2.19. The molecule has 1 fully saturated rings. The quantitative estimate of drug-likeness (QED) is 0.428. The first-order chi connectivity index (χ1) is 16.4. The van der Waals surface area contributed by atoms with Gasteiger partial charge < -0.3 is 18.6 Å². The van der Waals surface area contributed by atoms with Crippen molar-refractivity contribution in [3.63, 3.8) is 0 Å². The number of rotatable bonds is 10. The largest absolute Gasteiger partial charge is 0.493 e. The first kappa shape index (κ1) is 26.8. The van der Waals surface area contributed by atoms with Crippen LogP contribution in [0, 0.1) is 0 Å². The Labute approximate surface area is 206 Å². The lowest BCUT2D eigenvalue weighted by Crippen LogP contribution is -2.35. The first-order valence-electron chi connectivity index (χ1n) is 10.7. The molecule has 0 radical (unpaired) electrons. The number of hydrogen-bond donors (Lipinski definition) is 0. The lowest BCUT2D eigenvalue weighted by molar-refractivity contribution is 0.0779. The van der Waals surface area contributed by atoms with Crippen LogP contribution in [-0.4, -0.2) is 74.1 Å². The average Bonchev–Trinajstić information content (AvgIpc) is 3.23. The van der Waals surface area contributed by atoms with E-state index in [9.17, 15) is 21.6 Å². The molecule has 1 atom stereocenters. The van der Waals surface area contributed by atoms with Crippen molar-refractivity contribution in [2.75, 3.05) is 46.4 Å². The van der Waals surface area contributed by atoms with Gasteiger partial charge in [0.15, 0.2) is 11.5 Å². The molecule has 0 aliphatic carbocycles. The van der Waals surface area contributed by atoms with E-state index in [0.29, 0.717) is 25.9 Å². The summed E-state index contributed by atoms with van der Waals surface area (Å²) >= 11 is 0. The zero-order valence-corrected chi connectivity index (χ0v) is 21.6. The van der Waals surface area contributed by atoms with Crippen molar-refractivity contribution in [1.82, 2.24) is 4.90 Å². The van der Waals surface area contributed by atoms with E-state index in [2.05, 4.69) is 0 Å². The van der Waals surface area contributed by atoms with Gasteiger partial charge in [-0.05, 0) is 30.5 Å². The van der Waals surface area contributed by atoms with Crippen LogP contribution in [-0.2, 0) is 29.8 Å². The van der Waals surface area contributed by atoms with E-state index in [-0.39, 0.29) is 35.3 Å². The molecule has 2 aromatic rings. The van der Waals surface area contributed by atoms with E-state index in [1.54, 1.807) is 4.90 Å². The van der Waals surface area contributed by atoms with Crippen LogP contribution in [0.25, 0.3) is 0 Å². The number of likely N-dealkylation sites (tertiary alicyclic amines) is 1. The van der Waals surface area contributed by atoms with Crippen molar-refractivity contribution in [1.29, 1.82) is 0 Å². The summed E-state index contributed by atoms with van der Waals surface area (Å²) in [4.78, 5) is 15.1. The normalized spacial score (nSPS) is 18.3. The van der Waals surface area contributed by atoms with Crippen LogP contribution in [0.1, 0.15) is 28.8 Å². The van der Waals surface area contributed by atoms with Crippen molar-refractivity contribution >= 4 is 26.1 Å². The fraction of sp³-hybridized carbons (Fsp3) is 0.435. The zero-order chi connectivity index (χ0) is 25.9. The molecule has 35 heavy (non-hydrogen) atoms. The molecular weight excluding hydrogens is 498 g/mol. The minimum absolute atomic E-state index is 0.00503. The summed E-state index contributed by atoms with van der Waals surface area (Å²) in [6, 6.07) is 12.4. The molecule has 2 aromatic carbocycles. The van der Waals surface area contributed by atoms with Crippen molar-refractivity contribution < 1.29 is 39.5 Å². The summed E-state index contributed by atoms with van der Waals surface area (Å²) in [7, 11) is -4.80. The summed E-state index contributed by atoms with van der Waals surface area (Å²) in [6.45, 7) is 0.767. The monoisotopic (exact) mass is 527 g/mol. The lowest BCUT2D eigenvalue weighted by Gasteiger charge is -2.30. The Balaban J connectivity index is 1.91. The van der Waals surface area contributed by atoms with Crippen molar-refractivity contribution in [2.45, 2.75) is 18.3 Å². The van der Waals surface area contributed by atoms with Crippen LogP contribution in [0.4, 0.5) is 0 Å². The van der Waals surface area contributed by atoms with Gasteiger partial charge in [0.1, 0.15) is 0 Å². The van der Waals surface area contributed by atoms with Gasteiger partial charge in [-0.3, -0.25) is 8.98 Å². The molecule has 0 N–H and O–H groups in total. The van der Waals surface area contributed by atoms with Crippen LogP contribution in [0.15, 0.2) is 42.5 Å². The second kappa shape index (κ2) is 10.4. The number of methoxy groups -OCH3 is 2. The number of nitrogens with zero attached hydrogens (tertiary/aromatic N) is 1. The van der Waals surface area contributed by atoms with Gasteiger partial charge in [-0.25, -0.2) is 0 Å². The minimum atomic E-state index is -3.87. The number of ether oxygens (including phenoxy) is 2. The highest BCUT2D eigenvalue weighted by molar-refractivity contribution is 7.86. The summed E-state index contributed by atoms with van der Waals surface area (Å²) in [5.74, 6) is -0.386. The van der Waals surface area contributed by atoms with Crippen LogP contribution >= 0.6 is 0 Å². The molecule has 1 saturated heterocycles. The maximum Gasteiger partial charge on any atom is 0.306 e. The summed E-state index contributed by atoms with van der Waals surface area (Å²) in [5.41, 5.74) is 0.727. The summed E-state index contributed by atoms with van der Waals surface area (Å²) in [6.07, 6.45) is 2.91. The molecule has 1 aliphatic heterocycles. The topological polar surface area (TPSA) is 126 Å². The molecule has 1 aliphatic rings. The number of benzene rings is 2. The molecule has 1 heterocycles. The summed E-state index contributed by atoms with van der Waals surface area (Å²) in [5, 5.41) is 0. The van der Waals surface area contributed by atoms with Gasteiger partial charge in [0, 0.05) is 24.1 Å². The van der Waals surface area contributed by atoms with E-state index in [0.717, 1.165) is 18.1 Å². The van der Waals surface area contributed by atoms with Crippen molar-refractivity contribution in [3.8, 4) is 17.2 Å². The maximum absolute atomic E-state index is 13.5. The van der Waals surface area contributed by atoms with Gasteiger partial charge in [-0.2, -0.15) is 16.8 Å². The van der Waals surface area contributed by atoms with Gasteiger partial charge in [-0.1, -0.05) is 30.3 Å². The SMILES string of the molecule is COc1cc(C(=O)N2CCC(CCOS(C)(=O)=O)(c3ccccc3)C2)cc(OC)c1OS(C)(=O)=O. The van der Waals surface area contributed by atoms with Gasteiger partial charge in [0.25, 0.3) is 16.0 Å². The molecule has 1 amide bonds. The molecular formula is C23H29NO9S2. The highest BCUT2D eigenvalue weighted by atomic mass is 32.2. The molecule has 12 heteroatoms. The fourth-order valence-electron chi connectivity index (χ4n) is 4.23. The Bertz CT molecular complexity index is 1250. The Kier molecular flexibility index (Phi) is 7.97. The van der Waals surface area contributed by atoms with Gasteiger partial charge in [0.2, 0.25) is 5.75 Å². The molecule has 0 saturated carbocycles. The molecule has 0 aromatic heterocycles. The number of carbonyl (C=O) groups is 1. The van der Waals surface area contributed by atoms with Crippen LogP contribution in [0.2, 0.25) is 0 Å². The Morgan fingerprint density at radius 3 is 2.09 bits per heavy atom. The molecule has 0 spiro atoms. The van der Waals surface area contributed by atoms with Crippen LogP contribution in [0.3, 0.4) is 0 Å². The molecule has 1 unspecified atom stereocenters. The Hall–Kier alpha value is -2.83. The fourth-order valence-corrected chi connectivity index (χ4v) is 5.08. The second-order valence-corrected chi connectivity index (χ2v) is 11.6. The van der Waals surface area contributed by atoms with E-state index in [1.807, 2.05) is 30.3 Å².